The third kappa shape index (κ3) is 5.07. The van der Waals surface area contributed by atoms with Crippen LogP contribution in [0, 0.1) is 0 Å². The summed E-state index contributed by atoms with van der Waals surface area (Å²) in [5.41, 5.74) is 0.962. The average molecular weight is 335 g/mol. The van der Waals surface area contributed by atoms with Crippen molar-refractivity contribution in [2.45, 2.75) is 18.7 Å². The normalized spacial score (nSPS) is 13.3. The van der Waals surface area contributed by atoms with E-state index in [0.29, 0.717) is 0 Å². The molecular formula is C16H17NO5S. The number of rotatable bonds is 7. The van der Waals surface area contributed by atoms with Crippen LogP contribution in [0.3, 0.4) is 0 Å². The summed E-state index contributed by atoms with van der Waals surface area (Å²) in [5.74, 6) is -1.61. The van der Waals surface area contributed by atoms with Crippen molar-refractivity contribution in [2.24, 2.45) is 0 Å². The Morgan fingerprint density at radius 2 is 1.91 bits per heavy atom. The van der Waals surface area contributed by atoms with Crippen LogP contribution in [0.2, 0.25) is 0 Å². The van der Waals surface area contributed by atoms with E-state index in [9.17, 15) is 13.8 Å². The van der Waals surface area contributed by atoms with Crippen LogP contribution in [0.4, 0.5) is 0 Å². The molecule has 23 heavy (non-hydrogen) atoms. The molecule has 0 aliphatic rings. The highest BCUT2D eigenvalue weighted by molar-refractivity contribution is 7.84. The zero-order valence-electron chi connectivity index (χ0n) is 12.5. The number of carbonyl (C=O) groups is 2. The smallest absolute Gasteiger partial charge is 0.371 e. The first-order valence-corrected chi connectivity index (χ1v) is 8.46. The van der Waals surface area contributed by atoms with Gasteiger partial charge in [-0.2, -0.15) is 0 Å². The molecule has 1 aromatic carbocycles. The number of furan rings is 1. The van der Waals surface area contributed by atoms with Crippen LogP contribution in [-0.4, -0.2) is 26.9 Å². The highest BCUT2D eigenvalue weighted by Gasteiger charge is 2.15. The van der Waals surface area contributed by atoms with Gasteiger partial charge in [0.2, 0.25) is 11.7 Å². The third-order valence-corrected chi connectivity index (χ3v) is 4.34. The number of nitrogens with one attached hydrogen (secondary N) is 1. The Bertz CT molecular complexity index is 710. The van der Waals surface area contributed by atoms with Crippen LogP contribution in [0.1, 0.15) is 34.8 Å². The number of benzene rings is 1. The molecule has 0 spiro atoms. The molecule has 1 aromatic heterocycles. The monoisotopic (exact) mass is 335 g/mol. The van der Waals surface area contributed by atoms with E-state index in [2.05, 4.69) is 5.32 Å². The Hall–Kier alpha value is -2.41. The molecule has 0 fully saturated rings. The van der Waals surface area contributed by atoms with Crippen LogP contribution in [0.25, 0.3) is 0 Å². The SMILES string of the molecule is CC(NC(=O)CS(=O)Cc1ccc(C(=O)O)o1)c1ccccc1. The van der Waals surface area contributed by atoms with Crippen LogP contribution >= 0.6 is 0 Å². The van der Waals surface area contributed by atoms with Crippen molar-refractivity contribution in [1.29, 1.82) is 0 Å². The van der Waals surface area contributed by atoms with E-state index in [4.69, 9.17) is 9.52 Å². The molecule has 2 aromatic rings. The molecule has 0 aliphatic heterocycles. The summed E-state index contributed by atoms with van der Waals surface area (Å²) in [6.07, 6.45) is 0. The molecule has 122 valence electrons. The fraction of sp³-hybridized carbons (Fsp3) is 0.250. The van der Waals surface area contributed by atoms with Gasteiger partial charge in [-0.1, -0.05) is 30.3 Å². The lowest BCUT2D eigenvalue weighted by Crippen LogP contribution is -2.31. The summed E-state index contributed by atoms with van der Waals surface area (Å²) >= 11 is 0. The van der Waals surface area contributed by atoms with E-state index in [1.165, 1.54) is 12.1 Å². The van der Waals surface area contributed by atoms with Gasteiger partial charge >= 0.3 is 5.97 Å². The van der Waals surface area contributed by atoms with Gasteiger partial charge in [0.1, 0.15) is 11.5 Å². The number of carboxylic acids is 1. The van der Waals surface area contributed by atoms with Gasteiger partial charge in [-0.25, -0.2) is 4.79 Å². The van der Waals surface area contributed by atoms with E-state index in [-0.39, 0.29) is 35.0 Å². The quantitative estimate of drug-likeness (QED) is 0.808. The van der Waals surface area contributed by atoms with Gasteiger partial charge in [0.25, 0.3) is 0 Å². The fourth-order valence-electron chi connectivity index (χ4n) is 2.03. The largest absolute Gasteiger partial charge is 0.475 e. The average Bonchev–Trinajstić information content (AvgIpc) is 2.96. The summed E-state index contributed by atoms with van der Waals surface area (Å²) in [7, 11) is -1.47. The van der Waals surface area contributed by atoms with E-state index < -0.39 is 16.8 Å². The van der Waals surface area contributed by atoms with Crippen molar-refractivity contribution in [3.8, 4) is 0 Å². The first-order chi connectivity index (χ1) is 11.0. The minimum atomic E-state index is -1.47. The minimum absolute atomic E-state index is 0.000415. The lowest BCUT2D eigenvalue weighted by molar-refractivity contribution is -0.119. The number of carboxylic acid groups (broad SMARTS) is 1. The summed E-state index contributed by atoms with van der Waals surface area (Å²) in [5, 5.41) is 11.5. The van der Waals surface area contributed by atoms with E-state index in [1.807, 2.05) is 37.3 Å². The maximum atomic E-state index is 12.0. The Morgan fingerprint density at radius 1 is 1.22 bits per heavy atom. The summed E-state index contributed by atoms with van der Waals surface area (Å²) in [4.78, 5) is 22.6. The molecule has 2 N–H and O–H groups in total. The number of amides is 1. The maximum Gasteiger partial charge on any atom is 0.371 e. The van der Waals surface area contributed by atoms with Gasteiger partial charge in [0.05, 0.1) is 11.8 Å². The second-order valence-electron chi connectivity index (χ2n) is 5.00. The van der Waals surface area contributed by atoms with Gasteiger partial charge in [-0.15, -0.1) is 0 Å². The standard InChI is InChI=1S/C16H17NO5S/c1-11(12-5-3-2-4-6-12)17-15(18)10-23(21)9-13-7-8-14(22-13)16(19)20/h2-8,11H,9-10H2,1H3,(H,17,18)(H,19,20). The Kier molecular flexibility index (Phi) is 5.70. The zero-order chi connectivity index (χ0) is 16.8. The Balaban J connectivity index is 1.84. The molecular weight excluding hydrogens is 318 g/mol. The van der Waals surface area contributed by atoms with Gasteiger partial charge < -0.3 is 14.8 Å². The molecule has 2 atom stereocenters. The van der Waals surface area contributed by atoms with Crippen LogP contribution in [0.5, 0.6) is 0 Å². The van der Waals surface area contributed by atoms with Gasteiger partial charge in [-0.3, -0.25) is 9.00 Å². The molecule has 1 heterocycles. The lowest BCUT2D eigenvalue weighted by Gasteiger charge is -2.13. The topological polar surface area (TPSA) is 96.6 Å². The Labute approximate surface area is 136 Å². The Morgan fingerprint density at radius 3 is 2.52 bits per heavy atom. The van der Waals surface area contributed by atoms with Crippen molar-refractivity contribution < 1.29 is 23.3 Å². The molecule has 0 bridgehead atoms. The molecule has 0 saturated heterocycles. The van der Waals surface area contributed by atoms with Crippen LogP contribution < -0.4 is 5.32 Å². The molecule has 2 rings (SSSR count). The summed E-state index contributed by atoms with van der Waals surface area (Å²) in [6.45, 7) is 1.85. The minimum Gasteiger partial charge on any atom is -0.475 e. The van der Waals surface area contributed by atoms with Crippen molar-refractivity contribution in [3.63, 3.8) is 0 Å². The third-order valence-electron chi connectivity index (χ3n) is 3.14. The van der Waals surface area contributed by atoms with E-state index in [0.717, 1.165) is 5.56 Å². The zero-order valence-corrected chi connectivity index (χ0v) is 13.3. The highest BCUT2D eigenvalue weighted by Crippen LogP contribution is 2.12. The van der Waals surface area contributed by atoms with Gasteiger partial charge in [0, 0.05) is 10.8 Å². The summed E-state index contributed by atoms with van der Waals surface area (Å²) < 4.78 is 17.0. The lowest BCUT2D eigenvalue weighted by atomic mass is 10.1. The predicted octanol–water partition coefficient (Wildman–Crippen LogP) is 2.10. The molecule has 1 amide bonds. The number of hydrogen-bond donors (Lipinski definition) is 2. The first-order valence-electron chi connectivity index (χ1n) is 6.97. The second kappa shape index (κ2) is 7.73. The molecule has 0 saturated carbocycles. The number of hydrogen-bond acceptors (Lipinski definition) is 4. The van der Waals surface area contributed by atoms with Crippen molar-refractivity contribution >= 4 is 22.7 Å². The van der Waals surface area contributed by atoms with Gasteiger partial charge in [0.15, 0.2) is 0 Å². The van der Waals surface area contributed by atoms with Crippen molar-refractivity contribution in [1.82, 2.24) is 5.32 Å². The first kappa shape index (κ1) is 17.0. The molecule has 0 aliphatic carbocycles. The van der Waals surface area contributed by atoms with Crippen LogP contribution in [0.15, 0.2) is 46.9 Å². The second-order valence-corrected chi connectivity index (χ2v) is 6.46. The number of carbonyl (C=O) groups excluding carboxylic acids is 1. The van der Waals surface area contributed by atoms with Crippen molar-refractivity contribution in [3.05, 3.63) is 59.5 Å². The van der Waals surface area contributed by atoms with Gasteiger partial charge in [-0.05, 0) is 24.6 Å². The fourth-order valence-corrected chi connectivity index (χ4v) is 2.98. The molecule has 7 heteroatoms. The number of aromatic carboxylic acids is 1. The molecule has 2 unspecified atom stereocenters. The predicted molar refractivity (Wildman–Crippen MR) is 85.4 cm³/mol. The van der Waals surface area contributed by atoms with Crippen LogP contribution in [-0.2, 0) is 21.3 Å². The molecule has 6 nitrogen and oxygen atoms in total. The molecule has 0 radical (unpaired) electrons. The van der Waals surface area contributed by atoms with E-state index >= 15 is 0 Å². The maximum absolute atomic E-state index is 12.0. The highest BCUT2D eigenvalue weighted by atomic mass is 32.2. The van der Waals surface area contributed by atoms with Crippen molar-refractivity contribution in [2.75, 3.05) is 5.75 Å². The summed E-state index contributed by atoms with van der Waals surface area (Å²) in [6, 6.07) is 12.0. The van der Waals surface area contributed by atoms with E-state index in [1.54, 1.807) is 0 Å².